The van der Waals surface area contributed by atoms with Gasteiger partial charge < -0.3 is 10.1 Å². The first-order chi connectivity index (χ1) is 8.26. The molecule has 104 valence electrons. The van der Waals surface area contributed by atoms with E-state index in [9.17, 15) is 9.59 Å². The zero-order valence-corrected chi connectivity index (χ0v) is 12.0. The molecule has 1 N–H and O–H groups in total. The van der Waals surface area contributed by atoms with Crippen LogP contribution in [0.5, 0.6) is 0 Å². The molecular weight excluding hydrogens is 230 g/mol. The minimum absolute atomic E-state index is 0.0742. The Morgan fingerprint density at radius 1 is 1.33 bits per heavy atom. The van der Waals surface area contributed by atoms with Crippen LogP contribution in [0.4, 0.5) is 4.79 Å². The summed E-state index contributed by atoms with van der Waals surface area (Å²) in [7, 11) is 0. The van der Waals surface area contributed by atoms with Gasteiger partial charge in [0.05, 0.1) is 0 Å². The van der Waals surface area contributed by atoms with Crippen molar-refractivity contribution in [3.8, 4) is 0 Å². The van der Waals surface area contributed by atoms with Gasteiger partial charge in [0.1, 0.15) is 11.4 Å². The van der Waals surface area contributed by atoms with Crippen molar-refractivity contribution < 1.29 is 14.3 Å². The van der Waals surface area contributed by atoms with Gasteiger partial charge in [0.2, 0.25) is 0 Å². The van der Waals surface area contributed by atoms with Crippen LogP contribution in [0.25, 0.3) is 0 Å². The number of rotatable bonds is 3. The minimum atomic E-state index is -0.466. The second-order valence-corrected chi connectivity index (χ2v) is 6.25. The van der Waals surface area contributed by atoms with Crippen molar-refractivity contribution in [3.05, 3.63) is 0 Å². The topological polar surface area (TPSA) is 55.4 Å². The van der Waals surface area contributed by atoms with Crippen molar-refractivity contribution >= 4 is 11.9 Å². The van der Waals surface area contributed by atoms with Crippen LogP contribution in [-0.4, -0.2) is 24.0 Å². The maximum absolute atomic E-state index is 11.6. The molecule has 0 aromatic carbocycles. The number of ether oxygens (including phenoxy) is 1. The third kappa shape index (κ3) is 4.67. The minimum Gasteiger partial charge on any atom is -0.444 e. The van der Waals surface area contributed by atoms with Gasteiger partial charge in [-0.05, 0) is 45.4 Å². The van der Waals surface area contributed by atoms with Crippen molar-refractivity contribution in [2.75, 3.05) is 6.54 Å². The van der Waals surface area contributed by atoms with Crippen molar-refractivity contribution in [2.45, 2.75) is 65.4 Å². The molecule has 0 aliphatic heterocycles. The van der Waals surface area contributed by atoms with Gasteiger partial charge in [0.15, 0.2) is 0 Å². The lowest BCUT2D eigenvalue weighted by Crippen LogP contribution is -2.42. The molecule has 0 bridgehead atoms. The number of hydrogen-bond donors (Lipinski definition) is 1. The molecule has 1 amide bonds. The standard InChI is InChI=1S/C14H25NO3/c1-5-14(8-6-11(16)7-9-14)10-15-12(17)18-13(2,3)4/h5-10H2,1-4H3,(H,15,17). The average molecular weight is 255 g/mol. The van der Waals surface area contributed by atoms with Gasteiger partial charge in [-0.15, -0.1) is 0 Å². The number of alkyl carbamates (subject to hydrolysis) is 1. The molecule has 18 heavy (non-hydrogen) atoms. The van der Waals surface area contributed by atoms with Gasteiger partial charge in [-0.3, -0.25) is 4.79 Å². The first kappa shape index (κ1) is 15.0. The monoisotopic (exact) mass is 255 g/mol. The molecule has 0 atom stereocenters. The predicted octanol–water partition coefficient (Wildman–Crippen LogP) is 3.05. The lowest BCUT2D eigenvalue weighted by atomic mass is 9.72. The molecule has 1 saturated carbocycles. The average Bonchev–Trinajstić information content (AvgIpc) is 2.27. The third-order valence-electron chi connectivity index (χ3n) is 3.62. The number of amides is 1. The van der Waals surface area contributed by atoms with E-state index >= 15 is 0 Å². The van der Waals surface area contributed by atoms with Gasteiger partial charge in [-0.2, -0.15) is 0 Å². The van der Waals surface area contributed by atoms with E-state index in [0.717, 1.165) is 19.3 Å². The second-order valence-electron chi connectivity index (χ2n) is 6.25. The van der Waals surface area contributed by atoms with Crippen LogP contribution in [0, 0.1) is 5.41 Å². The maximum Gasteiger partial charge on any atom is 0.407 e. The molecular formula is C14H25NO3. The molecule has 0 heterocycles. The summed E-state index contributed by atoms with van der Waals surface area (Å²) in [5.41, 5.74) is -0.392. The van der Waals surface area contributed by atoms with E-state index in [0.29, 0.717) is 25.2 Å². The van der Waals surface area contributed by atoms with Crippen LogP contribution < -0.4 is 5.32 Å². The Morgan fingerprint density at radius 3 is 2.33 bits per heavy atom. The van der Waals surface area contributed by atoms with E-state index in [1.807, 2.05) is 20.8 Å². The van der Waals surface area contributed by atoms with Gasteiger partial charge in [-0.1, -0.05) is 6.92 Å². The number of Topliss-reactive ketones (excluding diaryl/α,β-unsaturated/α-hetero) is 1. The molecule has 1 rings (SSSR count). The SMILES string of the molecule is CCC1(CNC(=O)OC(C)(C)C)CCC(=O)CC1. The quantitative estimate of drug-likeness (QED) is 0.843. The third-order valence-corrected chi connectivity index (χ3v) is 3.62. The number of hydrogen-bond acceptors (Lipinski definition) is 3. The van der Waals surface area contributed by atoms with Crippen LogP contribution >= 0.6 is 0 Å². The summed E-state index contributed by atoms with van der Waals surface area (Å²) >= 11 is 0. The van der Waals surface area contributed by atoms with Gasteiger partial charge in [0, 0.05) is 19.4 Å². The Morgan fingerprint density at radius 2 is 1.89 bits per heavy atom. The fourth-order valence-electron chi connectivity index (χ4n) is 2.29. The van der Waals surface area contributed by atoms with Crippen molar-refractivity contribution in [3.63, 3.8) is 0 Å². The van der Waals surface area contributed by atoms with E-state index in [-0.39, 0.29) is 11.5 Å². The largest absolute Gasteiger partial charge is 0.444 e. The molecule has 1 aliphatic rings. The molecule has 0 spiro atoms. The van der Waals surface area contributed by atoms with E-state index in [1.54, 1.807) is 0 Å². The first-order valence-corrected chi connectivity index (χ1v) is 6.75. The molecule has 0 unspecified atom stereocenters. The second kappa shape index (κ2) is 5.72. The highest BCUT2D eigenvalue weighted by Gasteiger charge is 2.33. The molecule has 1 aliphatic carbocycles. The Balaban J connectivity index is 2.45. The van der Waals surface area contributed by atoms with Gasteiger partial charge in [-0.25, -0.2) is 4.79 Å². The Hall–Kier alpha value is -1.06. The highest BCUT2D eigenvalue weighted by molar-refractivity contribution is 5.79. The van der Waals surface area contributed by atoms with Crippen LogP contribution in [0.1, 0.15) is 59.8 Å². The molecule has 4 heteroatoms. The van der Waals surface area contributed by atoms with Crippen molar-refractivity contribution in [1.82, 2.24) is 5.32 Å². The van der Waals surface area contributed by atoms with E-state index in [4.69, 9.17) is 4.74 Å². The Kier molecular flexibility index (Phi) is 4.77. The van der Waals surface area contributed by atoms with E-state index in [2.05, 4.69) is 12.2 Å². The highest BCUT2D eigenvalue weighted by Crippen LogP contribution is 2.37. The summed E-state index contributed by atoms with van der Waals surface area (Å²) in [6.07, 6.45) is 3.65. The Bertz CT molecular complexity index is 307. The Labute approximate surface area is 109 Å². The molecule has 0 aromatic heterocycles. The molecule has 4 nitrogen and oxygen atoms in total. The lowest BCUT2D eigenvalue weighted by Gasteiger charge is -2.36. The van der Waals surface area contributed by atoms with Crippen molar-refractivity contribution in [1.29, 1.82) is 0 Å². The number of carbonyl (C=O) groups excluding carboxylic acids is 2. The van der Waals surface area contributed by atoms with Crippen LogP contribution in [0.3, 0.4) is 0 Å². The van der Waals surface area contributed by atoms with Crippen LogP contribution in [0.15, 0.2) is 0 Å². The van der Waals surface area contributed by atoms with Gasteiger partial charge in [0.25, 0.3) is 0 Å². The summed E-state index contributed by atoms with van der Waals surface area (Å²) in [6, 6.07) is 0. The maximum atomic E-state index is 11.6. The molecule has 1 fully saturated rings. The molecule has 0 aromatic rings. The normalized spacial score (nSPS) is 19.4. The summed E-state index contributed by atoms with van der Waals surface area (Å²) in [5.74, 6) is 0.344. The fourth-order valence-corrected chi connectivity index (χ4v) is 2.29. The van der Waals surface area contributed by atoms with Crippen LogP contribution in [-0.2, 0) is 9.53 Å². The lowest BCUT2D eigenvalue weighted by molar-refractivity contribution is -0.122. The van der Waals surface area contributed by atoms with E-state index < -0.39 is 5.60 Å². The fraction of sp³-hybridized carbons (Fsp3) is 0.857. The number of carbonyl (C=O) groups is 2. The molecule has 0 radical (unpaired) electrons. The number of ketones is 1. The summed E-state index contributed by atoms with van der Waals surface area (Å²) in [4.78, 5) is 22.9. The predicted molar refractivity (Wildman–Crippen MR) is 70.4 cm³/mol. The highest BCUT2D eigenvalue weighted by atomic mass is 16.6. The molecule has 0 saturated heterocycles. The number of nitrogens with one attached hydrogen (secondary N) is 1. The van der Waals surface area contributed by atoms with E-state index in [1.165, 1.54) is 0 Å². The zero-order chi connectivity index (χ0) is 13.8. The smallest absolute Gasteiger partial charge is 0.407 e. The summed E-state index contributed by atoms with van der Waals surface area (Å²) in [6.45, 7) is 8.27. The zero-order valence-electron chi connectivity index (χ0n) is 12.0. The van der Waals surface area contributed by atoms with Crippen molar-refractivity contribution in [2.24, 2.45) is 5.41 Å². The summed E-state index contributed by atoms with van der Waals surface area (Å²) in [5, 5.41) is 2.84. The van der Waals surface area contributed by atoms with Crippen LogP contribution in [0.2, 0.25) is 0 Å². The van der Waals surface area contributed by atoms with Gasteiger partial charge >= 0.3 is 6.09 Å². The summed E-state index contributed by atoms with van der Waals surface area (Å²) < 4.78 is 5.22. The first-order valence-electron chi connectivity index (χ1n) is 6.75.